The molecule has 4 heteroatoms. The van der Waals surface area contributed by atoms with E-state index in [2.05, 4.69) is 12.2 Å². The molecule has 0 fully saturated rings. The van der Waals surface area contributed by atoms with E-state index in [4.69, 9.17) is 23.2 Å². The maximum Gasteiger partial charge on any atom is 0.0943 e. The zero-order valence-electron chi connectivity index (χ0n) is 10.2. The van der Waals surface area contributed by atoms with Crippen molar-refractivity contribution in [3.8, 4) is 0 Å². The van der Waals surface area contributed by atoms with Crippen LogP contribution in [0.3, 0.4) is 0 Å². The van der Waals surface area contributed by atoms with Crippen LogP contribution in [0.2, 0.25) is 10.0 Å². The summed E-state index contributed by atoms with van der Waals surface area (Å²) in [4.78, 5) is 0. The van der Waals surface area contributed by atoms with Gasteiger partial charge in [0.15, 0.2) is 0 Å². The maximum atomic E-state index is 10.3. The van der Waals surface area contributed by atoms with E-state index >= 15 is 0 Å². The average molecular weight is 276 g/mol. The molecule has 2 N–H and O–H groups in total. The lowest BCUT2D eigenvalue weighted by molar-refractivity contribution is 0.126. The summed E-state index contributed by atoms with van der Waals surface area (Å²) < 4.78 is 0. The third-order valence-corrected chi connectivity index (χ3v) is 3.50. The molecule has 1 aromatic carbocycles. The van der Waals surface area contributed by atoms with Gasteiger partial charge in [-0.3, -0.25) is 0 Å². The molecule has 0 bridgehead atoms. The van der Waals surface area contributed by atoms with Gasteiger partial charge in [0.25, 0.3) is 0 Å². The molecule has 0 aliphatic heterocycles. The van der Waals surface area contributed by atoms with Gasteiger partial charge < -0.3 is 10.4 Å². The lowest BCUT2D eigenvalue weighted by Crippen LogP contribution is -2.34. The molecule has 0 saturated carbocycles. The molecule has 0 saturated heterocycles. The lowest BCUT2D eigenvalue weighted by Gasteiger charge is -2.23. The minimum absolute atomic E-state index is 0.0483. The van der Waals surface area contributed by atoms with Crippen molar-refractivity contribution in [3.05, 3.63) is 33.8 Å². The summed E-state index contributed by atoms with van der Waals surface area (Å²) in [5.74, 6) is 0. The highest BCUT2D eigenvalue weighted by Gasteiger charge is 2.19. The number of rotatable bonds is 6. The Hall–Kier alpha value is -0.280. The van der Waals surface area contributed by atoms with Crippen molar-refractivity contribution in [2.75, 3.05) is 6.54 Å². The number of nitrogens with one attached hydrogen (secondary N) is 1. The monoisotopic (exact) mass is 275 g/mol. The first-order valence-corrected chi connectivity index (χ1v) is 6.72. The predicted molar refractivity (Wildman–Crippen MR) is 73.8 cm³/mol. The molecule has 0 aliphatic carbocycles. The molecule has 0 heterocycles. The largest absolute Gasteiger partial charge is 0.387 e. The number of aliphatic hydroxyl groups excluding tert-OH is 1. The van der Waals surface area contributed by atoms with E-state index < -0.39 is 6.10 Å². The first kappa shape index (κ1) is 14.8. The van der Waals surface area contributed by atoms with Gasteiger partial charge in [-0.2, -0.15) is 0 Å². The second-order valence-electron chi connectivity index (χ2n) is 4.09. The van der Waals surface area contributed by atoms with Crippen LogP contribution in [0.1, 0.15) is 38.4 Å². The second-order valence-corrected chi connectivity index (χ2v) is 4.90. The van der Waals surface area contributed by atoms with E-state index in [-0.39, 0.29) is 6.04 Å². The predicted octanol–water partition coefficient (Wildman–Crippen LogP) is 3.81. The Morgan fingerprint density at radius 2 is 1.94 bits per heavy atom. The summed E-state index contributed by atoms with van der Waals surface area (Å²) in [6.45, 7) is 5.05. The smallest absolute Gasteiger partial charge is 0.0943 e. The van der Waals surface area contributed by atoms with Gasteiger partial charge >= 0.3 is 0 Å². The molecule has 2 atom stereocenters. The Morgan fingerprint density at radius 1 is 1.24 bits per heavy atom. The summed E-state index contributed by atoms with van der Waals surface area (Å²) in [6.07, 6.45) is 1.35. The Bertz CT molecular complexity index is 357. The van der Waals surface area contributed by atoms with Crippen LogP contribution in [0.25, 0.3) is 0 Å². The van der Waals surface area contributed by atoms with Gasteiger partial charge in [0.1, 0.15) is 0 Å². The van der Waals surface area contributed by atoms with Crippen molar-refractivity contribution in [2.24, 2.45) is 0 Å². The van der Waals surface area contributed by atoms with Crippen molar-refractivity contribution in [1.29, 1.82) is 0 Å². The van der Waals surface area contributed by atoms with Crippen molar-refractivity contribution in [2.45, 2.75) is 38.8 Å². The van der Waals surface area contributed by atoms with E-state index in [1.165, 1.54) is 0 Å². The molecule has 96 valence electrons. The normalized spacial score (nSPS) is 14.6. The summed E-state index contributed by atoms with van der Waals surface area (Å²) in [7, 11) is 0. The standard InChI is InChI=1S/C13H19Cl2NO/c1-3-7-16-12(4-2)13(17)9-5-6-10(14)11(15)8-9/h5-6,8,12-13,16-17H,3-4,7H2,1-2H3. The zero-order chi connectivity index (χ0) is 12.8. The highest BCUT2D eigenvalue weighted by Crippen LogP contribution is 2.27. The molecule has 2 nitrogen and oxygen atoms in total. The van der Waals surface area contributed by atoms with Gasteiger partial charge in [-0.05, 0) is 37.1 Å². The number of benzene rings is 1. The van der Waals surface area contributed by atoms with E-state index in [9.17, 15) is 5.11 Å². The Labute approximate surface area is 113 Å². The summed E-state index contributed by atoms with van der Waals surface area (Å²) in [6, 6.07) is 5.31. The topological polar surface area (TPSA) is 32.3 Å². The van der Waals surface area contributed by atoms with Gasteiger partial charge in [-0.25, -0.2) is 0 Å². The summed E-state index contributed by atoms with van der Waals surface area (Å²) in [5.41, 5.74) is 0.801. The van der Waals surface area contributed by atoms with Crippen molar-refractivity contribution in [1.82, 2.24) is 5.32 Å². The van der Waals surface area contributed by atoms with Crippen LogP contribution in [0.15, 0.2) is 18.2 Å². The Balaban J connectivity index is 2.78. The van der Waals surface area contributed by atoms with Crippen LogP contribution in [0.5, 0.6) is 0 Å². The van der Waals surface area contributed by atoms with E-state index in [1.807, 2.05) is 13.0 Å². The summed E-state index contributed by atoms with van der Waals surface area (Å²) >= 11 is 11.8. The van der Waals surface area contributed by atoms with E-state index in [0.29, 0.717) is 10.0 Å². The number of aliphatic hydroxyl groups is 1. The molecule has 0 aromatic heterocycles. The van der Waals surface area contributed by atoms with Crippen LogP contribution < -0.4 is 5.32 Å². The van der Waals surface area contributed by atoms with Crippen molar-refractivity contribution >= 4 is 23.2 Å². The second kappa shape index (κ2) is 7.22. The first-order valence-electron chi connectivity index (χ1n) is 5.96. The van der Waals surface area contributed by atoms with Crippen LogP contribution in [-0.4, -0.2) is 17.7 Å². The lowest BCUT2D eigenvalue weighted by atomic mass is 10.0. The fraction of sp³-hybridized carbons (Fsp3) is 0.538. The number of hydrogen-bond donors (Lipinski definition) is 2. The number of hydrogen-bond acceptors (Lipinski definition) is 2. The minimum atomic E-state index is -0.554. The number of halogens is 2. The van der Waals surface area contributed by atoms with Crippen LogP contribution in [0, 0.1) is 0 Å². The van der Waals surface area contributed by atoms with Crippen molar-refractivity contribution < 1.29 is 5.11 Å². The van der Waals surface area contributed by atoms with Crippen LogP contribution in [0.4, 0.5) is 0 Å². The van der Waals surface area contributed by atoms with E-state index in [1.54, 1.807) is 12.1 Å². The molecule has 0 aliphatic rings. The fourth-order valence-corrected chi connectivity index (χ4v) is 2.04. The third-order valence-electron chi connectivity index (χ3n) is 2.76. The average Bonchev–Trinajstić information content (AvgIpc) is 2.33. The highest BCUT2D eigenvalue weighted by molar-refractivity contribution is 6.42. The van der Waals surface area contributed by atoms with Gasteiger partial charge in [-0.1, -0.05) is 43.1 Å². The molecule has 1 rings (SSSR count). The maximum absolute atomic E-state index is 10.3. The fourth-order valence-electron chi connectivity index (χ4n) is 1.74. The third kappa shape index (κ3) is 4.14. The SMILES string of the molecule is CCCNC(CC)C(O)c1ccc(Cl)c(Cl)c1. The van der Waals surface area contributed by atoms with Crippen LogP contribution >= 0.6 is 23.2 Å². The van der Waals surface area contributed by atoms with Crippen molar-refractivity contribution in [3.63, 3.8) is 0 Å². The molecule has 2 unspecified atom stereocenters. The Morgan fingerprint density at radius 3 is 2.47 bits per heavy atom. The quantitative estimate of drug-likeness (QED) is 0.828. The molecule has 17 heavy (non-hydrogen) atoms. The molecule has 0 radical (unpaired) electrons. The minimum Gasteiger partial charge on any atom is -0.387 e. The molecular formula is C13H19Cl2NO. The highest BCUT2D eigenvalue weighted by atomic mass is 35.5. The van der Waals surface area contributed by atoms with E-state index in [0.717, 1.165) is 24.9 Å². The molecule has 0 amide bonds. The molecular weight excluding hydrogens is 257 g/mol. The van der Waals surface area contributed by atoms with Crippen LogP contribution in [-0.2, 0) is 0 Å². The van der Waals surface area contributed by atoms with Gasteiger partial charge in [0.05, 0.1) is 16.1 Å². The molecule has 1 aromatic rings. The zero-order valence-corrected chi connectivity index (χ0v) is 11.7. The van der Waals surface area contributed by atoms with Gasteiger partial charge in [0, 0.05) is 6.04 Å². The summed E-state index contributed by atoms with van der Waals surface area (Å²) in [5, 5.41) is 14.6. The van der Waals surface area contributed by atoms with Gasteiger partial charge in [-0.15, -0.1) is 0 Å². The first-order chi connectivity index (χ1) is 8.10. The molecule has 0 spiro atoms. The Kier molecular flexibility index (Phi) is 6.28. The van der Waals surface area contributed by atoms with Gasteiger partial charge in [0.2, 0.25) is 0 Å².